The molecule has 5 nitrogen and oxygen atoms in total. The van der Waals surface area contributed by atoms with E-state index >= 15 is 0 Å². The summed E-state index contributed by atoms with van der Waals surface area (Å²) in [6.45, 7) is 0. The van der Waals surface area contributed by atoms with Crippen LogP contribution < -0.4 is 10.7 Å². The van der Waals surface area contributed by atoms with Crippen LogP contribution in [0.25, 0.3) is 0 Å². The fourth-order valence-electron chi connectivity index (χ4n) is 1.19. The number of nitrogens with zero attached hydrogens (tertiary/aromatic N) is 2. The lowest BCUT2D eigenvalue weighted by Gasteiger charge is -2.06. The van der Waals surface area contributed by atoms with E-state index in [1.54, 1.807) is 18.6 Å². The third-order valence-corrected chi connectivity index (χ3v) is 2.70. The van der Waals surface area contributed by atoms with Crippen LogP contribution >= 0.6 is 28.1 Å². The maximum absolute atomic E-state index is 5.09. The zero-order valence-corrected chi connectivity index (χ0v) is 11.6. The Bertz CT molecular complexity index is 535. The van der Waals surface area contributed by atoms with Gasteiger partial charge in [-0.1, -0.05) is 15.9 Å². The normalized spacial score (nSPS) is 10.5. The molecule has 0 aliphatic carbocycles. The molecule has 2 aromatic rings. The number of hydrogen-bond donors (Lipinski definition) is 3. The van der Waals surface area contributed by atoms with Crippen molar-refractivity contribution in [2.45, 2.75) is 0 Å². The van der Waals surface area contributed by atoms with Crippen LogP contribution in [-0.4, -0.2) is 21.3 Å². The number of thiocarbonyl (C=S) groups is 1. The van der Waals surface area contributed by atoms with E-state index in [2.05, 4.69) is 41.7 Å². The molecule has 0 saturated carbocycles. The van der Waals surface area contributed by atoms with Crippen LogP contribution in [0.15, 0.2) is 46.2 Å². The van der Waals surface area contributed by atoms with Crippen molar-refractivity contribution in [3.63, 3.8) is 0 Å². The lowest BCUT2D eigenvalue weighted by molar-refractivity contribution is 1.04. The molecular weight excluding hydrogens is 314 g/mol. The van der Waals surface area contributed by atoms with E-state index < -0.39 is 0 Å². The summed E-state index contributed by atoms with van der Waals surface area (Å²) in [4.78, 5) is 6.89. The molecule has 0 bridgehead atoms. The van der Waals surface area contributed by atoms with Gasteiger partial charge in [-0.2, -0.15) is 5.10 Å². The summed E-state index contributed by atoms with van der Waals surface area (Å²) in [7, 11) is 0. The van der Waals surface area contributed by atoms with Crippen molar-refractivity contribution < 1.29 is 0 Å². The Balaban J connectivity index is 1.84. The van der Waals surface area contributed by atoms with Crippen molar-refractivity contribution in [3.05, 3.63) is 47.0 Å². The molecule has 0 aliphatic rings. The van der Waals surface area contributed by atoms with Crippen LogP contribution in [0.2, 0.25) is 0 Å². The highest BCUT2D eigenvalue weighted by molar-refractivity contribution is 9.10. The number of nitrogens with one attached hydrogen (secondary N) is 3. The predicted octanol–water partition coefficient (Wildman–Crippen LogP) is 2.49. The predicted molar refractivity (Wildman–Crippen MR) is 79.7 cm³/mol. The molecule has 0 spiro atoms. The van der Waals surface area contributed by atoms with Crippen molar-refractivity contribution >= 4 is 45.2 Å². The molecule has 1 aromatic carbocycles. The molecule has 0 atom stereocenters. The largest absolute Gasteiger partial charge is 0.344 e. The maximum Gasteiger partial charge on any atom is 0.191 e. The van der Waals surface area contributed by atoms with Gasteiger partial charge in [0, 0.05) is 22.6 Å². The summed E-state index contributed by atoms with van der Waals surface area (Å²) in [5.41, 5.74) is 3.59. The molecule has 18 heavy (non-hydrogen) atoms. The summed E-state index contributed by atoms with van der Waals surface area (Å²) >= 11 is 8.45. The number of rotatable bonds is 3. The Morgan fingerprint density at radius 2 is 2.17 bits per heavy atom. The van der Waals surface area contributed by atoms with Crippen molar-refractivity contribution in [2.24, 2.45) is 5.10 Å². The fourth-order valence-corrected chi connectivity index (χ4v) is 1.63. The van der Waals surface area contributed by atoms with Gasteiger partial charge in [-0.15, -0.1) is 0 Å². The number of hydrazone groups is 1. The van der Waals surface area contributed by atoms with Crippen LogP contribution in [-0.2, 0) is 0 Å². The second-order valence-corrected chi connectivity index (χ2v) is 4.63. The summed E-state index contributed by atoms with van der Waals surface area (Å²) in [5, 5.41) is 7.37. The van der Waals surface area contributed by atoms with E-state index in [9.17, 15) is 0 Å². The monoisotopic (exact) mass is 323 g/mol. The number of anilines is 1. The minimum absolute atomic E-state index is 0.417. The lowest BCUT2D eigenvalue weighted by Crippen LogP contribution is -2.23. The van der Waals surface area contributed by atoms with Crippen LogP contribution in [0.1, 0.15) is 5.82 Å². The molecule has 1 heterocycles. The number of halogens is 1. The standard InChI is InChI=1S/C11H10BrN5S/c12-8-1-3-9(4-2-8)16-11(18)17-15-7-10-13-5-6-14-10/h1-7H,(H,13,14)(H2,16,17,18)/b15-7+. The maximum atomic E-state index is 5.09. The number of H-pyrrole nitrogens is 1. The Morgan fingerprint density at radius 3 is 2.83 bits per heavy atom. The van der Waals surface area contributed by atoms with E-state index in [0.717, 1.165) is 10.2 Å². The highest BCUT2D eigenvalue weighted by Gasteiger charge is 1.95. The third-order valence-electron chi connectivity index (χ3n) is 1.97. The van der Waals surface area contributed by atoms with E-state index in [0.29, 0.717) is 10.9 Å². The average Bonchev–Trinajstić information content (AvgIpc) is 2.85. The molecule has 0 amide bonds. The number of hydrogen-bond acceptors (Lipinski definition) is 3. The molecule has 0 unspecified atom stereocenters. The first-order valence-corrected chi connectivity index (χ1v) is 6.29. The fraction of sp³-hybridized carbons (Fsp3) is 0. The Labute approximate surface area is 118 Å². The summed E-state index contributed by atoms with van der Waals surface area (Å²) in [6.07, 6.45) is 4.93. The molecule has 3 N–H and O–H groups in total. The number of aromatic amines is 1. The first-order chi connectivity index (χ1) is 8.74. The number of benzene rings is 1. The molecule has 2 rings (SSSR count). The minimum atomic E-state index is 0.417. The van der Waals surface area contributed by atoms with E-state index in [1.165, 1.54) is 0 Å². The topological polar surface area (TPSA) is 65.1 Å². The zero-order chi connectivity index (χ0) is 12.8. The SMILES string of the molecule is S=C(N/N=C/c1ncc[nH]1)Nc1ccc(Br)cc1. The minimum Gasteiger partial charge on any atom is -0.344 e. The van der Waals surface area contributed by atoms with E-state index in [4.69, 9.17) is 12.2 Å². The summed E-state index contributed by atoms with van der Waals surface area (Å²) in [6, 6.07) is 7.68. The third kappa shape index (κ3) is 3.94. The van der Waals surface area contributed by atoms with Crippen LogP contribution in [0.4, 0.5) is 5.69 Å². The van der Waals surface area contributed by atoms with E-state index in [1.807, 2.05) is 24.3 Å². The van der Waals surface area contributed by atoms with Gasteiger partial charge in [-0.3, -0.25) is 5.43 Å². The summed E-state index contributed by atoms with van der Waals surface area (Å²) in [5.74, 6) is 0.661. The van der Waals surface area contributed by atoms with Gasteiger partial charge >= 0.3 is 0 Å². The highest BCUT2D eigenvalue weighted by atomic mass is 79.9. The van der Waals surface area contributed by atoms with Gasteiger partial charge in [0.1, 0.15) is 5.82 Å². The molecule has 7 heteroatoms. The Kier molecular flexibility index (Phi) is 4.43. The van der Waals surface area contributed by atoms with Crippen molar-refractivity contribution in [1.82, 2.24) is 15.4 Å². The molecule has 0 radical (unpaired) electrons. The van der Waals surface area contributed by atoms with E-state index in [-0.39, 0.29) is 0 Å². The van der Waals surface area contributed by atoms with Gasteiger partial charge < -0.3 is 10.3 Å². The van der Waals surface area contributed by atoms with Gasteiger partial charge in [0.2, 0.25) is 0 Å². The zero-order valence-electron chi connectivity index (χ0n) is 9.22. The Morgan fingerprint density at radius 1 is 1.39 bits per heavy atom. The van der Waals surface area contributed by atoms with Crippen LogP contribution in [0, 0.1) is 0 Å². The first-order valence-electron chi connectivity index (χ1n) is 5.09. The van der Waals surface area contributed by atoms with Gasteiger partial charge in [-0.25, -0.2) is 4.98 Å². The highest BCUT2D eigenvalue weighted by Crippen LogP contribution is 2.13. The van der Waals surface area contributed by atoms with Gasteiger partial charge in [0.15, 0.2) is 5.11 Å². The Hall–Kier alpha value is -1.73. The second-order valence-electron chi connectivity index (χ2n) is 3.31. The molecule has 0 saturated heterocycles. The molecule has 0 aliphatic heterocycles. The quantitative estimate of drug-likeness (QED) is 0.461. The van der Waals surface area contributed by atoms with Crippen molar-refractivity contribution in [2.75, 3.05) is 5.32 Å². The second kappa shape index (κ2) is 6.27. The lowest BCUT2D eigenvalue weighted by atomic mass is 10.3. The van der Waals surface area contributed by atoms with Crippen molar-refractivity contribution in [1.29, 1.82) is 0 Å². The molecule has 1 aromatic heterocycles. The van der Waals surface area contributed by atoms with Gasteiger partial charge in [-0.05, 0) is 36.5 Å². The van der Waals surface area contributed by atoms with Crippen LogP contribution in [0.5, 0.6) is 0 Å². The van der Waals surface area contributed by atoms with Gasteiger partial charge in [0.25, 0.3) is 0 Å². The smallest absolute Gasteiger partial charge is 0.191 e. The number of imidazole rings is 1. The van der Waals surface area contributed by atoms with Gasteiger partial charge in [0.05, 0.1) is 6.21 Å². The van der Waals surface area contributed by atoms with Crippen LogP contribution in [0.3, 0.4) is 0 Å². The molecular formula is C11H10BrN5S. The first kappa shape index (κ1) is 12.7. The molecule has 92 valence electrons. The number of aromatic nitrogens is 2. The average molecular weight is 324 g/mol. The van der Waals surface area contributed by atoms with Crippen molar-refractivity contribution in [3.8, 4) is 0 Å². The summed E-state index contributed by atoms with van der Waals surface area (Å²) < 4.78 is 1.02. The molecule has 0 fully saturated rings.